The Hall–Kier alpha value is -1.65. The van der Waals surface area contributed by atoms with E-state index >= 15 is 0 Å². The van der Waals surface area contributed by atoms with Gasteiger partial charge in [-0.15, -0.1) is 0 Å². The van der Waals surface area contributed by atoms with Gasteiger partial charge in [-0.2, -0.15) is 0 Å². The highest BCUT2D eigenvalue weighted by Crippen LogP contribution is 2.55. The highest BCUT2D eigenvalue weighted by atomic mass is 16.5. The topological polar surface area (TPSA) is 47.3 Å². The Labute approximate surface area is 119 Å². The first-order chi connectivity index (χ1) is 9.90. The summed E-state index contributed by atoms with van der Waals surface area (Å²) in [6, 6.07) is 10.6. The van der Waals surface area contributed by atoms with Gasteiger partial charge < -0.3 is 14.5 Å². The average molecular weight is 272 g/mol. The molecule has 0 spiro atoms. The van der Waals surface area contributed by atoms with Crippen molar-refractivity contribution in [2.75, 3.05) is 20.3 Å². The molecule has 1 aromatic carbocycles. The van der Waals surface area contributed by atoms with Gasteiger partial charge in [-0.1, -0.05) is 30.3 Å². The molecular weight excluding hydrogens is 252 g/mol. The molecule has 0 aliphatic heterocycles. The number of benzene rings is 1. The van der Waals surface area contributed by atoms with Crippen LogP contribution in [0, 0.1) is 0 Å². The Kier molecular flexibility index (Phi) is 4.14. The largest absolute Gasteiger partial charge is 0.448 e. The maximum Gasteiger partial charge on any atom is 0.181 e. The molecule has 1 aliphatic carbocycles. The monoisotopic (exact) mass is 272 g/mol. The lowest BCUT2D eigenvalue weighted by atomic mass is 10.1. The lowest BCUT2D eigenvalue weighted by Crippen LogP contribution is -2.19. The van der Waals surface area contributed by atoms with Crippen LogP contribution in [0.15, 0.2) is 41.1 Å². The third-order valence-electron chi connectivity index (χ3n) is 3.80. The zero-order valence-electron chi connectivity index (χ0n) is 11.7. The van der Waals surface area contributed by atoms with Crippen LogP contribution in [0.5, 0.6) is 0 Å². The molecule has 2 atom stereocenters. The first-order valence-corrected chi connectivity index (χ1v) is 7.07. The summed E-state index contributed by atoms with van der Waals surface area (Å²) < 4.78 is 10.6. The van der Waals surface area contributed by atoms with Crippen LogP contribution in [0.2, 0.25) is 0 Å². The van der Waals surface area contributed by atoms with Crippen LogP contribution in [0.3, 0.4) is 0 Å². The SMILES string of the molecule is COCCNCc1ncoc1C1CC1c1ccccc1. The summed E-state index contributed by atoms with van der Waals surface area (Å²) in [6.45, 7) is 2.28. The molecule has 0 amide bonds. The van der Waals surface area contributed by atoms with Gasteiger partial charge in [0.15, 0.2) is 6.39 Å². The first-order valence-electron chi connectivity index (χ1n) is 7.07. The van der Waals surface area contributed by atoms with Crippen LogP contribution in [0.1, 0.15) is 35.3 Å². The molecule has 4 heteroatoms. The Bertz CT molecular complexity index is 538. The van der Waals surface area contributed by atoms with Crippen molar-refractivity contribution >= 4 is 0 Å². The number of oxazole rings is 1. The predicted octanol–water partition coefficient (Wildman–Crippen LogP) is 2.68. The molecule has 1 saturated carbocycles. The standard InChI is InChI=1S/C16H20N2O2/c1-19-8-7-17-10-15-16(20-11-18-15)14-9-13(14)12-5-3-2-4-6-12/h2-6,11,13-14,17H,7-10H2,1H3. The summed E-state index contributed by atoms with van der Waals surface area (Å²) in [4.78, 5) is 4.33. The number of hydrogen-bond donors (Lipinski definition) is 1. The van der Waals surface area contributed by atoms with Gasteiger partial charge in [0, 0.05) is 26.1 Å². The molecule has 1 fully saturated rings. The van der Waals surface area contributed by atoms with Gasteiger partial charge in [0.25, 0.3) is 0 Å². The van der Waals surface area contributed by atoms with E-state index in [1.807, 2.05) is 0 Å². The van der Waals surface area contributed by atoms with Crippen molar-refractivity contribution < 1.29 is 9.15 Å². The zero-order valence-corrected chi connectivity index (χ0v) is 11.7. The Balaban J connectivity index is 1.60. The van der Waals surface area contributed by atoms with Crippen LogP contribution < -0.4 is 5.32 Å². The van der Waals surface area contributed by atoms with Crippen molar-refractivity contribution in [1.82, 2.24) is 10.3 Å². The van der Waals surface area contributed by atoms with Gasteiger partial charge in [-0.25, -0.2) is 4.98 Å². The van der Waals surface area contributed by atoms with Crippen LogP contribution >= 0.6 is 0 Å². The summed E-state index contributed by atoms with van der Waals surface area (Å²) >= 11 is 0. The fraction of sp³-hybridized carbons (Fsp3) is 0.438. The van der Waals surface area contributed by atoms with Crippen molar-refractivity contribution in [2.45, 2.75) is 24.8 Å². The Morgan fingerprint density at radius 1 is 1.30 bits per heavy atom. The molecule has 1 heterocycles. The molecule has 0 saturated heterocycles. The number of ether oxygens (including phenoxy) is 1. The highest BCUT2D eigenvalue weighted by Gasteiger charge is 2.43. The van der Waals surface area contributed by atoms with E-state index in [1.54, 1.807) is 13.5 Å². The minimum Gasteiger partial charge on any atom is -0.448 e. The van der Waals surface area contributed by atoms with Crippen molar-refractivity contribution in [3.05, 3.63) is 53.7 Å². The number of rotatable bonds is 7. The van der Waals surface area contributed by atoms with Crippen LogP contribution in [-0.2, 0) is 11.3 Å². The second kappa shape index (κ2) is 6.20. The number of nitrogens with one attached hydrogen (secondary N) is 1. The van der Waals surface area contributed by atoms with Gasteiger partial charge in [-0.3, -0.25) is 0 Å². The zero-order chi connectivity index (χ0) is 13.8. The fourth-order valence-corrected chi connectivity index (χ4v) is 2.65. The van der Waals surface area contributed by atoms with E-state index in [1.165, 1.54) is 5.56 Å². The Morgan fingerprint density at radius 3 is 2.95 bits per heavy atom. The first kappa shape index (κ1) is 13.3. The van der Waals surface area contributed by atoms with Gasteiger partial charge in [0.05, 0.1) is 12.3 Å². The molecule has 1 aromatic heterocycles. The average Bonchev–Trinajstić information content (AvgIpc) is 3.16. The minimum atomic E-state index is 0.485. The maximum atomic E-state index is 5.61. The normalized spacial score (nSPS) is 21.1. The van der Waals surface area contributed by atoms with Crippen molar-refractivity contribution in [3.8, 4) is 0 Å². The molecule has 2 aromatic rings. The molecule has 4 nitrogen and oxygen atoms in total. The van der Waals surface area contributed by atoms with E-state index in [9.17, 15) is 0 Å². The predicted molar refractivity (Wildman–Crippen MR) is 76.6 cm³/mol. The maximum absolute atomic E-state index is 5.61. The van der Waals surface area contributed by atoms with Crippen molar-refractivity contribution in [2.24, 2.45) is 0 Å². The highest BCUT2D eigenvalue weighted by molar-refractivity contribution is 5.33. The van der Waals surface area contributed by atoms with Gasteiger partial charge in [0.2, 0.25) is 0 Å². The summed E-state index contributed by atoms with van der Waals surface area (Å²) in [7, 11) is 1.71. The second-order valence-corrected chi connectivity index (χ2v) is 5.19. The smallest absolute Gasteiger partial charge is 0.181 e. The molecule has 1 N–H and O–H groups in total. The van der Waals surface area contributed by atoms with E-state index in [0.717, 1.165) is 31.0 Å². The number of nitrogens with zero attached hydrogens (tertiary/aromatic N) is 1. The van der Waals surface area contributed by atoms with E-state index in [4.69, 9.17) is 9.15 Å². The van der Waals surface area contributed by atoms with E-state index in [0.29, 0.717) is 18.4 Å². The van der Waals surface area contributed by atoms with Crippen molar-refractivity contribution in [3.63, 3.8) is 0 Å². The lowest BCUT2D eigenvalue weighted by molar-refractivity contribution is 0.199. The molecule has 20 heavy (non-hydrogen) atoms. The second-order valence-electron chi connectivity index (χ2n) is 5.19. The third kappa shape index (κ3) is 2.92. The van der Waals surface area contributed by atoms with E-state index < -0.39 is 0 Å². The van der Waals surface area contributed by atoms with Crippen LogP contribution in [0.4, 0.5) is 0 Å². The molecule has 106 valence electrons. The van der Waals surface area contributed by atoms with E-state index in [-0.39, 0.29) is 0 Å². The molecular formula is C16H20N2O2. The molecule has 3 rings (SSSR count). The summed E-state index contributed by atoms with van der Waals surface area (Å²) in [5.74, 6) is 2.12. The summed E-state index contributed by atoms with van der Waals surface area (Å²) in [5, 5.41) is 3.32. The number of aromatic nitrogens is 1. The molecule has 0 radical (unpaired) electrons. The van der Waals surface area contributed by atoms with Crippen molar-refractivity contribution in [1.29, 1.82) is 0 Å². The quantitative estimate of drug-likeness (QED) is 0.787. The molecule has 2 unspecified atom stereocenters. The molecule has 1 aliphatic rings. The van der Waals surface area contributed by atoms with E-state index in [2.05, 4.69) is 40.6 Å². The lowest BCUT2D eigenvalue weighted by Gasteiger charge is -2.03. The number of methoxy groups -OCH3 is 1. The van der Waals surface area contributed by atoms with Gasteiger partial charge in [0.1, 0.15) is 5.76 Å². The third-order valence-corrected chi connectivity index (χ3v) is 3.80. The summed E-state index contributed by atoms with van der Waals surface area (Å²) in [6.07, 6.45) is 2.72. The summed E-state index contributed by atoms with van der Waals surface area (Å²) in [5.41, 5.74) is 2.43. The van der Waals surface area contributed by atoms with Crippen LogP contribution in [-0.4, -0.2) is 25.2 Å². The minimum absolute atomic E-state index is 0.485. The molecule has 0 bridgehead atoms. The van der Waals surface area contributed by atoms with Gasteiger partial charge in [-0.05, 0) is 17.9 Å². The van der Waals surface area contributed by atoms with Gasteiger partial charge >= 0.3 is 0 Å². The fourth-order valence-electron chi connectivity index (χ4n) is 2.65. The van der Waals surface area contributed by atoms with Crippen LogP contribution in [0.25, 0.3) is 0 Å². The Morgan fingerprint density at radius 2 is 2.15 bits per heavy atom. The number of hydrogen-bond acceptors (Lipinski definition) is 4.